The molecule has 5 nitrogen and oxygen atoms in total. The molecule has 3 rings (SSSR count). The number of aryl methyl sites for hydroxylation is 1. The van der Waals surface area contributed by atoms with Crippen LogP contribution in [0.3, 0.4) is 0 Å². The van der Waals surface area contributed by atoms with Gasteiger partial charge in [0.05, 0.1) is 11.4 Å². The molecule has 2 heterocycles. The molecule has 5 heteroatoms. The third-order valence-electron chi connectivity index (χ3n) is 4.90. The van der Waals surface area contributed by atoms with E-state index in [1.807, 2.05) is 37.3 Å². The highest BCUT2D eigenvalue weighted by molar-refractivity contribution is 5.83. The van der Waals surface area contributed by atoms with Gasteiger partial charge in [0.25, 0.3) is 0 Å². The molecule has 1 saturated heterocycles. The minimum Gasteiger partial charge on any atom is -0.481 e. The molecule has 1 aliphatic rings. The van der Waals surface area contributed by atoms with Crippen molar-refractivity contribution < 1.29 is 14.7 Å². The van der Waals surface area contributed by atoms with Crippen LogP contribution in [0.5, 0.6) is 0 Å². The average molecular weight is 326 g/mol. The molecule has 2 atom stereocenters. The number of carboxylic acid groups (broad SMARTS) is 1. The maximum Gasteiger partial charge on any atom is 0.308 e. The third kappa shape index (κ3) is 3.40. The lowest BCUT2D eigenvalue weighted by molar-refractivity contribution is -0.147. The number of benzene rings is 1. The van der Waals surface area contributed by atoms with Crippen LogP contribution < -0.4 is 0 Å². The topological polar surface area (TPSA) is 70.5 Å². The number of fused-ring (bicyclic) bond motifs is 1. The summed E-state index contributed by atoms with van der Waals surface area (Å²) in [5, 5.41) is 10.3. The van der Waals surface area contributed by atoms with Crippen LogP contribution >= 0.6 is 0 Å². The lowest BCUT2D eigenvalue weighted by Crippen LogP contribution is -2.47. The number of nitrogens with zero attached hydrogens (tertiary/aromatic N) is 2. The summed E-state index contributed by atoms with van der Waals surface area (Å²) in [7, 11) is 0. The van der Waals surface area contributed by atoms with E-state index in [0.29, 0.717) is 25.8 Å². The molecule has 1 fully saturated rings. The molecule has 1 aliphatic heterocycles. The van der Waals surface area contributed by atoms with Gasteiger partial charge in [0.1, 0.15) is 0 Å². The number of carbonyl (C=O) groups is 2. The first-order chi connectivity index (χ1) is 11.6. The minimum absolute atomic E-state index is 0.0364. The normalized spacial score (nSPS) is 21.0. The lowest BCUT2D eigenvalue weighted by Gasteiger charge is -2.36. The van der Waals surface area contributed by atoms with Crippen molar-refractivity contribution in [3.8, 4) is 0 Å². The zero-order chi connectivity index (χ0) is 17.1. The van der Waals surface area contributed by atoms with Crippen LogP contribution in [0.2, 0.25) is 0 Å². The van der Waals surface area contributed by atoms with Gasteiger partial charge in [-0.1, -0.05) is 18.2 Å². The van der Waals surface area contributed by atoms with E-state index in [1.165, 1.54) is 0 Å². The number of amides is 1. The number of carbonyl (C=O) groups excluding carboxylic acids is 1. The molecule has 0 bridgehead atoms. The Bertz CT molecular complexity index is 754. The Labute approximate surface area is 141 Å². The summed E-state index contributed by atoms with van der Waals surface area (Å²) in [5.41, 5.74) is 2.04. The first-order valence-corrected chi connectivity index (χ1v) is 8.41. The van der Waals surface area contributed by atoms with E-state index in [9.17, 15) is 14.7 Å². The second kappa shape index (κ2) is 6.99. The van der Waals surface area contributed by atoms with Crippen LogP contribution in [0, 0.1) is 5.92 Å². The Kier molecular flexibility index (Phi) is 4.79. The largest absolute Gasteiger partial charge is 0.481 e. The van der Waals surface area contributed by atoms with Crippen molar-refractivity contribution in [2.45, 2.75) is 38.6 Å². The Morgan fingerprint density at radius 3 is 2.83 bits per heavy atom. The molecule has 24 heavy (non-hydrogen) atoms. The van der Waals surface area contributed by atoms with Crippen molar-refractivity contribution in [1.29, 1.82) is 0 Å². The van der Waals surface area contributed by atoms with E-state index in [0.717, 1.165) is 22.9 Å². The van der Waals surface area contributed by atoms with E-state index in [2.05, 4.69) is 4.98 Å². The predicted molar refractivity (Wildman–Crippen MR) is 91.6 cm³/mol. The summed E-state index contributed by atoms with van der Waals surface area (Å²) < 4.78 is 0. The number of hydrogen-bond donors (Lipinski definition) is 1. The third-order valence-corrected chi connectivity index (χ3v) is 4.90. The van der Waals surface area contributed by atoms with Gasteiger partial charge in [-0.3, -0.25) is 14.6 Å². The molecular formula is C19H22N2O3. The van der Waals surface area contributed by atoms with Crippen molar-refractivity contribution in [3.05, 3.63) is 42.1 Å². The number of pyridine rings is 1. The van der Waals surface area contributed by atoms with Crippen LogP contribution in [0.4, 0.5) is 0 Å². The number of para-hydroxylation sites is 1. The fraction of sp³-hybridized carbons (Fsp3) is 0.421. The predicted octanol–water partition coefficient (Wildman–Crippen LogP) is 2.88. The van der Waals surface area contributed by atoms with Crippen molar-refractivity contribution in [2.24, 2.45) is 5.92 Å². The minimum atomic E-state index is -0.806. The molecule has 1 aromatic carbocycles. The van der Waals surface area contributed by atoms with Gasteiger partial charge in [-0.25, -0.2) is 0 Å². The van der Waals surface area contributed by atoms with E-state index < -0.39 is 11.9 Å². The second-order valence-electron chi connectivity index (χ2n) is 6.49. The van der Waals surface area contributed by atoms with Gasteiger partial charge in [-0.2, -0.15) is 0 Å². The Balaban J connectivity index is 1.69. The molecule has 0 aliphatic carbocycles. The molecule has 0 spiro atoms. The van der Waals surface area contributed by atoms with Gasteiger partial charge in [0.15, 0.2) is 0 Å². The first kappa shape index (κ1) is 16.4. The van der Waals surface area contributed by atoms with Gasteiger partial charge in [-0.15, -0.1) is 0 Å². The molecule has 1 N–H and O–H groups in total. The number of carboxylic acids is 1. The monoisotopic (exact) mass is 326 g/mol. The van der Waals surface area contributed by atoms with Gasteiger partial charge < -0.3 is 10.0 Å². The maximum absolute atomic E-state index is 12.6. The molecule has 2 unspecified atom stereocenters. The van der Waals surface area contributed by atoms with Crippen LogP contribution in [0.25, 0.3) is 10.9 Å². The first-order valence-electron chi connectivity index (χ1n) is 8.41. The highest BCUT2D eigenvalue weighted by Gasteiger charge is 2.32. The van der Waals surface area contributed by atoms with Crippen LogP contribution in [0.1, 0.15) is 31.7 Å². The van der Waals surface area contributed by atoms with Gasteiger partial charge in [-0.05, 0) is 43.9 Å². The van der Waals surface area contributed by atoms with Crippen molar-refractivity contribution in [1.82, 2.24) is 9.88 Å². The smallest absolute Gasteiger partial charge is 0.308 e. The fourth-order valence-corrected chi connectivity index (χ4v) is 3.41. The quantitative estimate of drug-likeness (QED) is 0.938. The Hall–Kier alpha value is -2.43. The lowest BCUT2D eigenvalue weighted by atomic mass is 9.93. The van der Waals surface area contributed by atoms with Gasteiger partial charge in [0.2, 0.25) is 5.91 Å². The molecule has 2 aromatic rings. The van der Waals surface area contributed by atoms with E-state index in [1.54, 1.807) is 11.1 Å². The van der Waals surface area contributed by atoms with Gasteiger partial charge in [0, 0.05) is 30.6 Å². The maximum atomic E-state index is 12.6. The number of aromatic nitrogens is 1. The number of aliphatic carboxylic acids is 1. The number of likely N-dealkylation sites (tertiary alicyclic amines) is 1. The summed E-state index contributed by atoms with van der Waals surface area (Å²) in [5.74, 6) is -1.21. The molecule has 1 amide bonds. The van der Waals surface area contributed by atoms with Crippen LogP contribution in [-0.2, 0) is 16.0 Å². The summed E-state index contributed by atoms with van der Waals surface area (Å²) in [6.45, 7) is 2.32. The summed E-state index contributed by atoms with van der Waals surface area (Å²) >= 11 is 0. The van der Waals surface area contributed by atoms with E-state index in [4.69, 9.17) is 0 Å². The van der Waals surface area contributed by atoms with Crippen molar-refractivity contribution in [3.63, 3.8) is 0 Å². The fourth-order valence-electron chi connectivity index (χ4n) is 3.41. The highest BCUT2D eigenvalue weighted by atomic mass is 16.4. The molecule has 1 aromatic heterocycles. The highest BCUT2D eigenvalue weighted by Crippen LogP contribution is 2.24. The summed E-state index contributed by atoms with van der Waals surface area (Å²) in [4.78, 5) is 29.9. The summed E-state index contributed by atoms with van der Waals surface area (Å²) in [6, 6.07) is 9.97. The van der Waals surface area contributed by atoms with Crippen molar-refractivity contribution in [2.75, 3.05) is 6.54 Å². The summed E-state index contributed by atoms with van der Waals surface area (Å²) in [6.07, 6.45) is 4.20. The van der Waals surface area contributed by atoms with Crippen molar-refractivity contribution >= 4 is 22.8 Å². The SMILES string of the molecule is CC1CCC(C(=O)O)CN1C(=O)CCc1ccnc2ccccc12. The van der Waals surface area contributed by atoms with E-state index in [-0.39, 0.29) is 11.9 Å². The zero-order valence-electron chi connectivity index (χ0n) is 13.8. The number of hydrogen-bond acceptors (Lipinski definition) is 3. The average Bonchev–Trinajstić information content (AvgIpc) is 2.59. The van der Waals surface area contributed by atoms with Gasteiger partial charge >= 0.3 is 5.97 Å². The van der Waals surface area contributed by atoms with Crippen LogP contribution in [0.15, 0.2) is 36.5 Å². The van der Waals surface area contributed by atoms with E-state index >= 15 is 0 Å². The number of rotatable bonds is 4. The number of piperidine rings is 1. The standard InChI is InChI=1S/C19H22N2O3/c1-13-6-7-15(19(23)24)12-21(13)18(22)9-8-14-10-11-20-17-5-3-2-4-16(14)17/h2-5,10-11,13,15H,6-9,12H2,1H3,(H,23,24). The zero-order valence-corrected chi connectivity index (χ0v) is 13.8. The second-order valence-corrected chi connectivity index (χ2v) is 6.49. The Morgan fingerprint density at radius 1 is 1.25 bits per heavy atom. The molecular weight excluding hydrogens is 304 g/mol. The Morgan fingerprint density at radius 2 is 2.04 bits per heavy atom. The van der Waals surface area contributed by atoms with Crippen LogP contribution in [-0.4, -0.2) is 39.5 Å². The molecule has 126 valence electrons. The molecule has 0 radical (unpaired) electrons. The molecule has 0 saturated carbocycles.